The molecule has 1 atom stereocenters. The van der Waals surface area contributed by atoms with Crippen LogP contribution in [0.3, 0.4) is 0 Å². The van der Waals surface area contributed by atoms with Crippen molar-refractivity contribution in [3.63, 3.8) is 0 Å². The first kappa shape index (κ1) is 16.7. The Bertz CT molecular complexity index is 454. The molecule has 1 aromatic rings. The maximum absolute atomic E-state index is 13.9. The summed E-state index contributed by atoms with van der Waals surface area (Å²) in [6, 6.07) is 5.54. The summed E-state index contributed by atoms with van der Waals surface area (Å²) in [7, 11) is 1.48. The van der Waals surface area contributed by atoms with Gasteiger partial charge in [-0.15, -0.1) is 0 Å². The Labute approximate surface area is 122 Å². The van der Waals surface area contributed by atoms with Crippen LogP contribution in [0.1, 0.15) is 39.2 Å². The molecular weight excluding hydrogens is 253 g/mol. The number of methoxy groups -OCH3 is 1. The van der Waals surface area contributed by atoms with E-state index < -0.39 is 0 Å². The molecule has 0 aromatic heterocycles. The topological polar surface area (TPSA) is 21.3 Å². The smallest absolute Gasteiger partial charge is 0.165 e. The van der Waals surface area contributed by atoms with E-state index in [1.807, 2.05) is 6.07 Å². The average Bonchev–Trinajstić information content (AvgIpc) is 2.38. The SMILES string of the molecule is C=C(C(C)C)[C@H](CNC(C)C)c1ccc(OC)c(F)c1. The first-order valence-corrected chi connectivity index (χ1v) is 7.12. The summed E-state index contributed by atoms with van der Waals surface area (Å²) < 4.78 is 18.9. The van der Waals surface area contributed by atoms with Crippen LogP contribution in [0, 0.1) is 11.7 Å². The average molecular weight is 279 g/mol. The highest BCUT2D eigenvalue weighted by atomic mass is 19.1. The molecule has 0 radical (unpaired) electrons. The van der Waals surface area contributed by atoms with Crippen molar-refractivity contribution in [3.05, 3.63) is 41.7 Å². The molecule has 0 aliphatic heterocycles. The van der Waals surface area contributed by atoms with Gasteiger partial charge in [-0.2, -0.15) is 0 Å². The molecule has 0 fully saturated rings. The summed E-state index contributed by atoms with van der Waals surface area (Å²) in [6.45, 7) is 13.4. The van der Waals surface area contributed by atoms with Crippen molar-refractivity contribution in [3.8, 4) is 5.75 Å². The molecule has 0 aliphatic rings. The highest BCUT2D eigenvalue weighted by Crippen LogP contribution is 2.30. The Balaban J connectivity index is 3.03. The molecule has 112 valence electrons. The summed E-state index contributed by atoms with van der Waals surface area (Å²) in [5, 5.41) is 3.41. The molecule has 0 unspecified atom stereocenters. The fourth-order valence-electron chi connectivity index (χ4n) is 2.12. The molecular formula is C17H26FNO. The Morgan fingerprint density at radius 2 is 1.95 bits per heavy atom. The lowest BCUT2D eigenvalue weighted by Crippen LogP contribution is -2.29. The van der Waals surface area contributed by atoms with Gasteiger partial charge >= 0.3 is 0 Å². The molecule has 0 aliphatic carbocycles. The van der Waals surface area contributed by atoms with Gasteiger partial charge in [0.25, 0.3) is 0 Å². The number of hydrogen-bond donors (Lipinski definition) is 1. The maximum atomic E-state index is 13.9. The lowest BCUT2D eigenvalue weighted by molar-refractivity contribution is 0.385. The molecule has 0 spiro atoms. The Morgan fingerprint density at radius 3 is 2.40 bits per heavy atom. The number of halogens is 1. The zero-order valence-corrected chi connectivity index (χ0v) is 13.2. The molecule has 0 saturated heterocycles. The Kier molecular flexibility index (Phi) is 6.21. The van der Waals surface area contributed by atoms with Crippen molar-refractivity contribution >= 4 is 0 Å². The van der Waals surface area contributed by atoms with Gasteiger partial charge in [-0.3, -0.25) is 0 Å². The van der Waals surface area contributed by atoms with Gasteiger partial charge in [-0.05, 0) is 23.6 Å². The van der Waals surface area contributed by atoms with Crippen LogP contribution in [0.4, 0.5) is 4.39 Å². The second kappa shape index (κ2) is 7.44. The van der Waals surface area contributed by atoms with Crippen LogP contribution in [-0.4, -0.2) is 19.7 Å². The minimum absolute atomic E-state index is 0.109. The van der Waals surface area contributed by atoms with Crippen LogP contribution in [0.25, 0.3) is 0 Å². The predicted octanol–water partition coefficient (Wildman–Crippen LogP) is 4.13. The fraction of sp³-hybridized carbons (Fsp3) is 0.529. The molecule has 20 heavy (non-hydrogen) atoms. The summed E-state index contributed by atoms with van der Waals surface area (Å²) >= 11 is 0. The number of nitrogens with one attached hydrogen (secondary N) is 1. The van der Waals surface area contributed by atoms with Crippen LogP contribution in [-0.2, 0) is 0 Å². The summed E-state index contributed by atoms with van der Waals surface area (Å²) in [5.74, 6) is 0.424. The molecule has 1 rings (SSSR count). The van der Waals surface area contributed by atoms with Crippen LogP contribution in [0.5, 0.6) is 5.75 Å². The predicted molar refractivity (Wildman–Crippen MR) is 82.8 cm³/mol. The first-order valence-electron chi connectivity index (χ1n) is 7.12. The van der Waals surface area contributed by atoms with Gasteiger partial charge in [0.05, 0.1) is 7.11 Å². The normalized spacial score (nSPS) is 12.8. The Hall–Kier alpha value is -1.35. The minimum Gasteiger partial charge on any atom is -0.494 e. The third-order valence-corrected chi connectivity index (χ3v) is 3.50. The zero-order chi connectivity index (χ0) is 15.3. The van der Waals surface area contributed by atoms with Crippen LogP contribution >= 0.6 is 0 Å². The van der Waals surface area contributed by atoms with E-state index in [0.29, 0.717) is 12.0 Å². The number of benzene rings is 1. The molecule has 2 nitrogen and oxygen atoms in total. The fourth-order valence-corrected chi connectivity index (χ4v) is 2.12. The van der Waals surface area contributed by atoms with Crippen molar-refractivity contribution in [2.45, 2.75) is 39.7 Å². The molecule has 0 saturated carbocycles. The summed E-state index contributed by atoms with van der Waals surface area (Å²) in [6.07, 6.45) is 0. The zero-order valence-electron chi connectivity index (χ0n) is 13.2. The molecule has 1 aromatic carbocycles. The first-order chi connectivity index (χ1) is 9.36. The third-order valence-electron chi connectivity index (χ3n) is 3.50. The number of ether oxygens (including phenoxy) is 1. The van der Waals surface area contributed by atoms with E-state index >= 15 is 0 Å². The van der Waals surface area contributed by atoms with E-state index in [-0.39, 0.29) is 17.5 Å². The molecule has 0 heterocycles. The van der Waals surface area contributed by atoms with Gasteiger partial charge < -0.3 is 10.1 Å². The number of rotatable bonds is 7. The van der Waals surface area contributed by atoms with Crippen LogP contribution < -0.4 is 10.1 Å². The molecule has 3 heteroatoms. The van der Waals surface area contributed by atoms with Crippen LogP contribution in [0.15, 0.2) is 30.4 Å². The van der Waals surface area contributed by atoms with E-state index in [2.05, 4.69) is 39.6 Å². The van der Waals surface area contributed by atoms with Gasteiger partial charge in [0.15, 0.2) is 11.6 Å². The third kappa shape index (κ3) is 4.34. The van der Waals surface area contributed by atoms with Crippen molar-refractivity contribution in [1.82, 2.24) is 5.32 Å². The maximum Gasteiger partial charge on any atom is 0.165 e. The lowest BCUT2D eigenvalue weighted by Gasteiger charge is -2.24. The second-order valence-corrected chi connectivity index (χ2v) is 5.74. The number of hydrogen-bond acceptors (Lipinski definition) is 2. The summed E-state index contributed by atoms with van der Waals surface area (Å²) in [4.78, 5) is 0. The van der Waals surface area contributed by atoms with Gasteiger partial charge in [-0.25, -0.2) is 4.39 Å². The van der Waals surface area contributed by atoms with Gasteiger partial charge in [0, 0.05) is 18.5 Å². The van der Waals surface area contributed by atoms with Crippen LogP contribution in [0.2, 0.25) is 0 Å². The monoisotopic (exact) mass is 279 g/mol. The van der Waals surface area contributed by atoms with Gasteiger partial charge in [0.1, 0.15) is 0 Å². The molecule has 1 N–H and O–H groups in total. The minimum atomic E-state index is -0.323. The quantitative estimate of drug-likeness (QED) is 0.758. The van der Waals surface area contributed by atoms with Crippen molar-refractivity contribution < 1.29 is 9.13 Å². The summed E-state index contributed by atoms with van der Waals surface area (Å²) in [5.41, 5.74) is 2.05. The van der Waals surface area contributed by atoms with E-state index in [0.717, 1.165) is 17.7 Å². The Morgan fingerprint density at radius 1 is 1.30 bits per heavy atom. The molecule has 0 amide bonds. The van der Waals surface area contributed by atoms with Gasteiger partial charge in [0.2, 0.25) is 0 Å². The lowest BCUT2D eigenvalue weighted by atomic mass is 9.85. The highest BCUT2D eigenvalue weighted by molar-refractivity contribution is 5.35. The van der Waals surface area contributed by atoms with Crippen molar-refractivity contribution in [1.29, 1.82) is 0 Å². The van der Waals surface area contributed by atoms with Crippen molar-refractivity contribution in [2.75, 3.05) is 13.7 Å². The van der Waals surface area contributed by atoms with E-state index in [1.54, 1.807) is 12.1 Å². The van der Waals surface area contributed by atoms with E-state index in [1.165, 1.54) is 7.11 Å². The molecule has 0 bridgehead atoms. The van der Waals surface area contributed by atoms with E-state index in [9.17, 15) is 4.39 Å². The van der Waals surface area contributed by atoms with Crippen molar-refractivity contribution in [2.24, 2.45) is 5.92 Å². The van der Waals surface area contributed by atoms with Gasteiger partial charge in [-0.1, -0.05) is 45.9 Å². The largest absolute Gasteiger partial charge is 0.494 e. The van der Waals surface area contributed by atoms with E-state index in [4.69, 9.17) is 4.74 Å². The highest BCUT2D eigenvalue weighted by Gasteiger charge is 2.19. The standard InChI is InChI=1S/C17H26FNO/c1-11(2)13(5)15(10-19-12(3)4)14-7-8-17(20-6)16(18)9-14/h7-9,11-12,15,19H,5,10H2,1-4,6H3/t15-/m0/s1. The second-order valence-electron chi connectivity index (χ2n) is 5.74.